The summed E-state index contributed by atoms with van der Waals surface area (Å²) in [4.78, 5) is 44.3. The zero-order valence-corrected chi connectivity index (χ0v) is 19.1. The van der Waals surface area contributed by atoms with Crippen LogP contribution in [0.25, 0.3) is 0 Å². The Bertz CT molecular complexity index is 1020. The second kappa shape index (κ2) is 12.6. The zero-order chi connectivity index (χ0) is 24.3. The van der Waals surface area contributed by atoms with Crippen molar-refractivity contribution in [2.45, 2.75) is 50.9 Å². The molecule has 1 heterocycles. The molecule has 1 fully saturated rings. The molecular formula is C25H28BN3O5. The average molecular weight is 461 g/mol. The van der Waals surface area contributed by atoms with Crippen LogP contribution in [0.5, 0.6) is 0 Å². The van der Waals surface area contributed by atoms with Gasteiger partial charge in [0.1, 0.15) is 0 Å². The smallest absolute Gasteiger partial charge is 0.0622 e. The van der Waals surface area contributed by atoms with Crippen molar-refractivity contribution >= 4 is 31.0 Å². The fraction of sp³-hybridized carbons (Fsp3) is 0.360. The van der Waals surface area contributed by atoms with Crippen molar-refractivity contribution < 1.29 is 23.8 Å². The molecule has 9 heteroatoms. The van der Waals surface area contributed by atoms with Gasteiger partial charge in [0.2, 0.25) is 0 Å². The minimum absolute atomic E-state index is 0.134. The Morgan fingerprint density at radius 2 is 1.76 bits per heavy atom. The molecule has 0 aliphatic carbocycles. The van der Waals surface area contributed by atoms with E-state index in [2.05, 4.69) is 10.3 Å². The van der Waals surface area contributed by atoms with Crippen LogP contribution in [0.2, 0.25) is 0 Å². The summed E-state index contributed by atoms with van der Waals surface area (Å²) in [6, 6.07) is 16.3. The van der Waals surface area contributed by atoms with E-state index in [1.54, 1.807) is 6.92 Å². The van der Waals surface area contributed by atoms with Crippen LogP contribution in [0.1, 0.15) is 30.9 Å². The van der Waals surface area contributed by atoms with E-state index >= 15 is 0 Å². The molecule has 0 unspecified atom stereocenters. The second-order valence-corrected chi connectivity index (χ2v) is 8.14. The molecule has 0 bridgehead atoms. The van der Waals surface area contributed by atoms with Crippen LogP contribution in [0.3, 0.4) is 0 Å². The zero-order valence-electron chi connectivity index (χ0n) is 19.1. The number of benzene rings is 2. The van der Waals surface area contributed by atoms with Gasteiger partial charge in [-0.3, -0.25) is 0 Å². The van der Waals surface area contributed by atoms with E-state index < -0.39 is 30.0 Å². The Balaban J connectivity index is 1.72. The van der Waals surface area contributed by atoms with Crippen molar-refractivity contribution in [1.29, 1.82) is 0 Å². The van der Waals surface area contributed by atoms with Gasteiger partial charge in [0.05, 0.1) is 0 Å². The summed E-state index contributed by atoms with van der Waals surface area (Å²) in [5.41, 5.74) is 1.73. The third-order valence-corrected chi connectivity index (χ3v) is 5.68. The van der Waals surface area contributed by atoms with Crippen LogP contribution in [0.4, 0.5) is 0 Å². The molecule has 34 heavy (non-hydrogen) atoms. The summed E-state index contributed by atoms with van der Waals surface area (Å²) in [7, 11) is 0.492. The van der Waals surface area contributed by atoms with Crippen LogP contribution in [-0.4, -0.2) is 60.6 Å². The summed E-state index contributed by atoms with van der Waals surface area (Å²) in [5.74, 6) is -1.28. The molecule has 3 atom stereocenters. The Morgan fingerprint density at radius 3 is 2.41 bits per heavy atom. The van der Waals surface area contributed by atoms with Crippen LogP contribution in [0.15, 0.2) is 65.7 Å². The van der Waals surface area contributed by atoms with Gasteiger partial charge in [-0.25, -0.2) is 0 Å². The molecule has 2 aromatic rings. The Labute approximate surface area is 199 Å². The fourth-order valence-electron chi connectivity index (χ4n) is 3.87. The van der Waals surface area contributed by atoms with Crippen molar-refractivity contribution in [2.24, 2.45) is 4.99 Å². The predicted octanol–water partition coefficient (Wildman–Crippen LogP) is 1.91. The number of esters is 1. The number of likely N-dealkylation sites (tertiary alicyclic amines) is 1. The molecule has 8 nitrogen and oxygen atoms in total. The van der Waals surface area contributed by atoms with Crippen LogP contribution >= 0.6 is 0 Å². The van der Waals surface area contributed by atoms with Crippen LogP contribution in [0, 0.1) is 0 Å². The molecule has 2 amide bonds. The molecule has 176 valence electrons. The Kier molecular flexibility index (Phi) is 9.25. The van der Waals surface area contributed by atoms with Gasteiger partial charge in [0, 0.05) is 0 Å². The van der Waals surface area contributed by atoms with Gasteiger partial charge in [-0.15, -0.1) is 0 Å². The fourth-order valence-corrected chi connectivity index (χ4v) is 3.87. The predicted molar refractivity (Wildman–Crippen MR) is 127 cm³/mol. The van der Waals surface area contributed by atoms with Gasteiger partial charge < -0.3 is 0 Å². The first-order valence-electron chi connectivity index (χ1n) is 11.3. The van der Waals surface area contributed by atoms with Crippen molar-refractivity contribution in [3.8, 4) is 0 Å². The monoisotopic (exact) mass is 461 g/mol. The van der Waals surface area contributed by atoms with Crippen LogP contribution < -0.4 is 5.32 Å². The number of aliphatic imine (C=N–C) groups is 1. The summed E-state index contributed by atoms with van der Waals surface area (Å²) in [5, 5.41) is 2.76. The Hall–Kier alpha value is -3.62. The second-order valence-electron chi connectivity index (χ2n) is 8.14. The van der Waals surface area contributed by atoms with Crippen molar-refractivity contribution in [3.63, 3.8) is 0 Å². The van der Waals surface area contributed by atoms with E-state index in [0.717, 1.165) is 17.2 Å². The molecule has 0 radical (unpaired) electrons. The average Bonchev–Trinajstić information content (AvgIpc) is 3.36. The number of hydrogen-bond donors (Lipinski definition) is 1. The van der Waals surface area contributed by atoms with E-state index in [4.69, 9.17) is 4.74 Å². The number of hydrogen-bond acceptors (Lipinski definition) is 6. The minimum atomic E-state index is -0.883. The number of nitrogens with one attached hydrogen (secondary N) is 1. The third kappa shape index (κ3) is 6.94. The molecule has 0 aromatic heterocycles. The number of carbonyl (C=O) groups excluding carboxylic acids is 3. The first-order valence-corrected chi connectivity index (χ1v) is 11.3. The maximum atomic E-state index is 13.5. The number of amides is 2. The van der Waals surface area contributed by atoms with E-state index in [0.29, 0.717) is 26.5 Å². The molecule has 1 N–H and O–H groups in total. The third-order valence-electron chi connectivity index (χ3n) is 5.68. The summed E-state index contributed by atoms with van der Waals surface area (Å²) in [6.45, 7) is 2.08. The van der Waals surface area contributed by atoms with Gasteiger partial charge in [-0.05, 0) is 5.56 Å². The number of nitrogens with zero attached hydrogens (tertiary/aromatic N) is 2. The van der Waals surface area contributed by atoms with Crippen molar-refractivity contribution in [3.05, 3.63) is 71.8 Å². The van der Waals surface area contributed by atoms with E-state index in [1.165, 1.54) is 4.90 Å². The van der Waals surface area contributed by atoms with Crippen molar-refractivity contribution in [2.75, 3.05) is 6.54 Å². The Morgan fingerprint density at radius 1 is 1.12 bits per heavy atom. The van der Waals surface area contributed by atoms with Crippen molar-refractivity contribution in [1.82, 2.24) is 10.2 Å². The van der Waals surface area contributed by atoms with Gasteiger partial charge in [-0.2, -0.15) is 0 Å². The van der Waals surface area contributed by atoms with Crippen LogP contribution in [-0.2, 0) is 36.9 Å². The molecule has 2 aromatic carbocycles. The quantitative estimate of drug-likeness (QED) is 0.331. The van der Waals surface area contributed by atoms with E-state index in [-0.39, 0.29) is 18.9 Å². The van der Waals surface area contributed by atoms with E-state index in [1.807, 2.05) is 60.7 Å². The molecule has 1 aliphatic rings. The minimum Gasteiger partial charge on any atom is -0.0622 e. The summed E-state index contributed by atoms with van der Waals surface area (Å²) < 4.78 is 16.0. The SMILES string of the molecule is C[C@@H](N=CB=O)C(=O)N[C@@H](Cc1ccccc1)C(=O)N1CCC[C@@H]1C(=O)OCc1ccccc1. The molecular weight excluding hydrogens is 433 g/mol. The number of ether oxygens (including phenoxy) is 1. The molecule has 0 spiro atoms. The van der Waals surface area contributed by atoms with Gasteiger partial charge in [0.15, 0.2) is 0 Å². The molecule has 3 rings (SSSR count). The molecule has 1 saturated heterocycles. The summed E-state index contributed by atoms with van der Waals surface area (Å²) in [6.07, 6.45) is 2.45. The standard InChI is InChI=1S/C25H28BN3O5/c1-18(27-17-26-33)23(30)28-21(15-19-9-4-2-5-10-19)24(31)29-14-8-13-22(29)25(32)34-16-20-11-6-3-7-12-20/h2-7,9-12,17-18,21-22H,8,13-16H2,1H3,(H,28,30)/t18-,21+,22-/m1/s1. The maximum absolute atomic E-state index is 13.5. The molecule has 1 aliphatic heterocycles. The normalized spacial score (nSPS) is 17.1. The van der Waals surface area contributed by atoms with Gasteiger partial charge >= 0.3 is 163 Å². The topological polar surface area (TPSA) is 105 Å². The first kappa shape index (κ1) is 25.0. The first-order chi connectivity index (χ1) is 16.5. The van der Waals surface area contributed by atoms with Gasteiger partial charge in [0.25, 0.3) is 0 Å². The summed E-state index contributed by atoms with van der Waals surface area (Å²) >= 11 is 0. The number of carbonyl (C=O) groups is 3. The van der Waals surface area contributed by atoms with Gasteiger partial charge in [-0.1, -0.05) is 30.3 Å². The molecule has 0 saturated carbocycles. The van der Waals surface area contributed by atoms with E-state index in [9.17, 15) is 19.1 Å². The number of rotatable bonds is 10.